The standard InChI is InChI=1S/C21H26ClN3S/c1-5-8-13-25(7-3)19-18-17(15-11-9-14(4)10-12-15)16(6-2)26-20(18)24-21(22)23-19/h9-12H,5-8,13H2,1-4H3. The summed E-state index contributed by atoms with van der Waals surface area (Å²) in [4.78, 5) is 13.9. The minimum Gasteiger partial charge on any atom is -0.356 e. The number of aromatic nitrogens is 2. The van der Waals surface area contributed by atoms with Gasteiger partial charge in [-0.25, -0.2) is 4.98 Å². The summed E-state index contributed by atoms with van der Waals surface area (Å²) in [5, 5.41) is 1.49. The summed E-state index contributed by atoms with van der Waals surface area (Å²) >= 11 is 8.03. The number of hydrogen-bond donors (Lipinski definition) is 0. The minimum absolute atomic E-state index is 0.335. The fourth-order valence-electron chi connectivity index (χ4n) is 3.27. The summed E-state index contributed by atoms with van der Waals surface area (Å²) in [6.07, 6.45) is 3.27. The Hall–Kier alpha value is -1.65. The van der Waals surface area contributed by atoms with Crippen LogP contribution in [0.3, 0.4) is 0 Å². The average Bonchev–Trinajstić information content (AvgIpc) is 3.01. The zero-order valence-electron chi connectivity index (χ0n) is 16.0. The number of thiophene rings is 1. The second kappa shape index (κ2) is 8.36. The summed E-state index contributed by atoms with van der Waals surface area (Å²) in [6.45, 7) is 10.6. The molecule has 0 unspecified atom stereocenters. The maximum Gasteiger partial charge on any atom is 0.225 e. The molecule has 3 aromatic rings. The van der Waals surface area contributed by atoms with Crippen molar-refractivity contribution in [2.24, 2.45) is 0 Å². The minimum atomic E-state index is 0.335. The van der Waals surface area contributed by atoms with Crippen molar-refractivity contribution in [1.29, 1.82) is 0 Å². The number of anilines is 1. The number of hydrogen-bond acceptors (Lipinski definition) is 4. The molecule has 138 valence electrons. The van der Waals surface area contributed by atoms with Gasteiger partial charge in [0.05, 0.1) is 5.39 Å². The van der Waals surface area contributed by atoms with E-state index >= 15 is 0 Å². The molecule has 0 saturated carbocycles. The van der Waals surface area contributed by atoms with Gasteiger partial charge in [0, 0.05) is 23.5 Å². The van der Waals surface area contributed by atoms with E-state index in [1.54, 1.807) is 11.3 Å². The zero-order chi connectivity index (χ0) is 18.7. The third-order valence-electron chi connectivity index (χ3n) is 4.70. The monoisotopic (exact) mass is 387 g/mol. The third kappa shape index (κ3) is 3.72. The lowest BCUT2D eigenvalue weighted by atomic mass is 10.0. The van der Waals surface area contributed by atoms with E-state index in [0.717, 1.165) is 48.4 Å². The summed E-state index contributed by atoms with van der Waals surface area (Å²) in [7, 11) is 0. The largest absolute Gasteiger partial charge is 0.356 e. The molecule has 2 aromatic heterocycles. The molecule has 0 aliphatic carbocycles. The zero-order valence-corrected chi connectivity index (χ0v) is 17.5. The van der Waals surface area contributed by atoms with E-state index in [9.17, 15) is 0 Å². The molecule has 0 atom stereocenters. The van der Waals surface area contributed by atoms with Crippen LogP contribution in [0.1, 0.15) is 44.1 Å². The Kier molecular flexibility index (Phi) is 6.15. The molecule has 3 nitrogen and oxygen atoms in total. The lowest BCUT2D eigenvalue weighted by Crippen LogP contribution is -2.25. The van der Waals surface area contributed by atoms with Crippen molar-refractivity contribution < 1.29 is 0 Å². The van der Waals surface area contributed by atoms with E-state index < -0.39 is 0 Å². The van der Waals surface area contributed by atoms with Crippen LogP contribution in [0.4, 0.5) is 5.82 Å². The molecule has 1 aromatic carbocycles. The number of rotatable bonds is 7. The van der Waals surface area contributed by atoms with Gasteiger partial charge >= 0.3 is 0 Å². The topological polar surface area (TPSA) is 29.0 Å². The average molecular weight is 388 g/mol. The molecule has 5 heteroatoms. The summed E-state index contributed by atoms with van der Waals surface area (Å²) in [5.74, 6) is 0.975. The van der Waals surface area contributed by atoms with Crippen LogP contribution < -0.4 is 4.90 Å². The van der Waals surface area contributed by atoms with Gasteiger partial charge in [-0.15, -0.1) is 11.3 Å². The first kappa shape index (κ1) is 19.1. The quantitative estimate of drug-likeness (QED) is 0.432. The van der Waals surface area contributed by atoms with E-state index in [0.29, 0.717) is 5.28 Å². The van der Waals surface area contributed by atoms with E-state index in [-0.39, 0.29) is 0 Å². The van der Waals surface area contributed by atoms with E-state index in [4.69, 9.17) is 11.6 Å². The predicted octanol–water partition coefficient (Wildman–Crippen LogP) is 6.51. The van der Waals surface area contributed by atoms with Crippen LogP contribution in [0.5, 0.6) is 0 Å². The number of benzene rings is 1. The molecule has 0 N–H and O–H groups in total. The van der Waals surface area contributed by atoms with Crippen molar-refractivity contribution in [3.8, 4) is 11.1 Å². The molecule has 0 aliphatic rings. The van der Waals surface area contributed by atoms with Crippen LogP contribution in [-0.4, -0.2) is 23.1 Å². The molecule has 0 spiro atoms. The number of unbranched alkanes of at least 4 members (excludes halogenated alkanes) is 1. The molecular formula is C21H26ClN3S. The van der Waals surface area contributed by atoms with Crippen molar-refractivity contribution in [2.75, 3.05) is 18.0 Å². The SMILES string of the molecule is CCCCN(CC)c1nc(Cl)nc2sc(CC)c(-c3ccc(C)cc3)c12. The van der Waals surface area contributed by atoms with E-state index in [1.165, 1.54) is 21.6 Å². The molecule has 0 radical (unpaired) electrons. The number of halogens is 1. The molecule has 0 aliphatic heterocycles. The van der Waals surface area contributed by atoms with Crippen LogP contribution >= 0.6 is 22.9 Å². The number of fused-ring (bicyclic) bond motifs is 1. The summed E-state index contributed by atoms with van der Waals surface area (Å²) in [6, 6.07) is 8.75. The summed E-state index contributed by atoms with van der Waals surface area (Å²) < 4.78 is 0. The van der Waals surface area contributed by atoms with Crippen LogP contribution in [-0.2, 0) is 6.42 Å². The van der Waals surface area contributed by atoms with Gasteiger partial charge in [-0.1, -0.05) is 50.1 Å². The second-order valence-electron chi connectivity index (χ2n) is 6.55. The normalized spacial score (nSPS) is 11.3. The lowest BCUT2D eigenvalue weighted by molar-refractivity contribution is 0.726. The molecule has 0 amide bonds. The van der Waals surface area contributed by atoms with Gasteiger partial charge < -0.3 is 4.90 Å². The number of nitrogens with zero attached hydrogens (tertiary/aromatic N) is 3. The maximum absolute atomic E-state index is 6.29. The molecule has 0 bridgehead atoms. The smallest absolute Gasteiger partial charge is 0.225 e. The molecule has 2 heterocycles. The van der Waals surface area contributed by atoms with E-state index in [2.05, 4.69) is 66.8 Å². The Morgan fingerprint density at radius 3 is 2.42 bits per heavy atom. The Morgan fingerprint density at radius 1 is 1.08 bits per heavy atom. The highest BCUT2D eigenvalue weighted by atomic mass is 35.5. The van der Waals surface area contributed by atoms with Gasteiger partial charge in [-0.3, -0.25) is 0 Å². The van der Waals surface area contributed by atoms with Crippen molar-refractivity contribution in [3.05, 3.63) is 40.0 Å². The predicted molar refractivity (Wildman–Crippen MR) is 115 cm³/mol. The van der Waals surface area contributed by atoms with Crippen LogP contribution in [0.15, 0.2) is 24.3 Å². The number of aryl methyl sites for hydroxylation is 2. The molecule has 0 saturated heterocycles. The fourth-order valence-corrected chi connectivity index (χ4v) is 4.61. The second-order valence-corrected chi connectivity index (χ2v) is 7.97. The van der Waals surface area contributed by atoms with Crippen molar-refractivity contribution in [3.63, 3.8) is 0 Å². The first-order valence-electron chi connectivity index (χ1n) is 9.39. The Labute approximate surface area is 165 Å². The molecular weight excluding hydrogens is 362 g/mol. The summed E-state index contributed by atoms with van der Waals surface area (Å²) in [5.41, 5.74) is 3.77. The van der Waals surface area contributed by atoms with Crippen molar-refractivity contribution >= 4 is 39.0 Å². The van der Waals surface area contributed by atoms with Gasteiger partial charge in [0.15, 0.2) is 0 Å². The Bertz CT molecular complexity index is 886. The first-order valence-corrected chi connectivity index (χ1v) is 10.6. The fraction of sp³-hybridized carbons (Fsp3) is 0.429. The van der Waals surface area contributed by atoms with Crippen molar-refractivity contribution in [1.82, 2.24) is 9.97 Å². The van der Waals surface area contributed by atoms with Gasteiger partial charge in [0.1, 0.15) is 10.6 Å². The van der Waals surface area contributed by atoms with Gasteiger partial charge in [-0.2, -0.15) is 4.98 Å². The highest BCUT2D eigenvalue weighted by Crippen LogP contribution is 2.43. The van der Waals surface area contributed by atoms with Crippen molar-refractivity contribution in [2.45, 2.75) is 47.0 Å². The molecule has 26 heavy (non-hydrogen) atoms. The van der Waals surface area contributed by atoms with Crippen LogP contribution in [0, 0.1) is 6.92 Å². The van der Waals surface area contributed by atoms with Crippen LogP contribution in [0.25, 0.3) is 21.3 Å². The highest BCUT2D eigenvalue weighted by molar-refractivity contribution is 7.19. The van der Waals surface area contributed by atoms with E-state index in [1.807, 2.05) is 0 Å². The molecule has 3 rings (SSSR count). The third-order valence-corrected chi connectivity index (χ3v) is 6.10. The maximum atomic E-state index is 6.29. The molecule has 0 fully saturated rings. The van der Waals surface area contributed by atoms with Gasteiger partial charge in [0.2, 0.25) is 5.28 Å². The Morgan fingerprint density at radius 2 is 1.81 bits per heavy atom. The Balaban J connectivity index is 2.27. The van der Waals surface area contributed by atoms with Crippen LogP contribution in [0.2, 0.25) is 5.28 Å². The first-order chi connectivity index (χ1) is 12.6. The van der Waals surface area contributed by atoms with Gasteiger partial charge in [-0.05, 0) is 43.9 Å². The van der Waals surface area contributed by atoms with Gasteiger partial charge in [0.25, 0.3) is 0 Å². The lowest BCUT2D eigenvalue weighted by Gasteiger charge is -2.23. The highest BCUT2D eigenvalue weighted by Gasteiger charge is 2.22.